The summed E-state index contributed by atoms with van der Waals surface area (Å²) >= 11 is 0. The molecule has 15 heavy (non-hydrogen) atoms. The van der Waals surface area contributed by atoms with Crippen LogP contribution in [-0.2, 0) is 4.79 Å². The Morgan fingerprint density at radius 2 is 2.20 bits per heavy atom. The van der Waals surface area contributed by atoms with E-state index in [2.05, 4.69) is 5.32 Å². The number of carbonyl (C=O) groups excluding carboxylic acids is 1. The molecule has 1 aliphatic rings. The third kappa shape index (κ3) is 3.61. The van der Waals surface area contributed by atoms with Crippen molar-refractivity contribution in [2.75, 3.05) is 0 Å². The largest absolute Gasteiger partial charge is 0.347 e. The molecule has 0 aromatic heterocycles. The topological polar surface area (TPSA) is 29.1 Å². The van der Waals surface area contributed by atoms with Gasteiger partial charge < -0.3 is 5.32 Å². The molecule has 0 saturated heterocycles. The van der Waals surface area contributed by atoms with E-state index < -0.39 is 12.0 Å². The number of rotatable bonds is 3. The maximum atomic E-state index is 12.8. The van der Waals surface area contributed by atoms with Gasteiger partial charge in [-0.05, 0) is 26.2 Å². The molecule has 1 aliphatic carbocycles. The summed E-state index contributed by atoms with van der Waals surface area (Å²) in [7, 11) is 0. The third-order valence-electron chi connectivity index (χ3n) is 2.76. The molecular formula is C11H17F2NO. The van der Waals surface area contributed by atoms with E-state index in [0.717, 1.165) is 19.8 Å². The van der Waals surface area contributed by atoms with E-state index >= 15 is 0 Å². The highest BCUT2D eigenvalue weighted by Gasteiger charge is 2.32. The van der Waals surface area contributed by atoms with Crippen LogP contribution in [0.5, 0.6) is 0 Å². The highest BCUT2D eigenvalue weighted by molar-refractivity contribution is 5.79. The summed E-state index contributed by atoms with van der Waals surface area (Å²) in [5.41, 5.74) is 0. The predicted molar refractivity (Wildman–Crippen MR) is 54.7 cm³/mol. The van der Waals surface area contributed by atoms with Crippen LogP contribution in [0.1, 0.15) is 33.1 Å². The van der Waals surface area contributed by atoms with Gasteiger partial charge in [0.15, 0.2) is 0 Å². The number of carbonyl (C=O) groups is 1. The summed E-state index contributed by atoms with van der Waals surface area (Å²) in [6.45, 7) is 2.15. The average Bonchev–Trinajstić information content (AvgIpc) is 2.17. The van der Waals surface area contributed by atoms with Gasteiger partial charge in [-0.2, -0.15) is 0 Å². The molecule has 2 nitrogen and oxygen atoms in total. The van der Waals surface area contributed by atoms with Crippen molar-refractivity contribution in [3.63, 3.8) is 0 Å². The molecule has 0 spiro atoms. The lowest BCUT2D eigenvalue weighted by Gasteiger charge is -2.24. The van der Waals surface area contributed by atoms with Gasteiger partial charge in [-0.25, -0.2) is 8.78 Å². The van der Waals surface area contributed by atoms with Gasteiger partial charge in [-0.1, -0.05) is 12.2 Å². The quantitative estimate of drug-likeness (QED) is 0.723. The van der Waals surface area contributed by atoms with E-state index in [-0.39, 0.29) is 11.8 Å². The highest BCUT2D eigenvalue weighted by atomic mass is 19.3. The molecule has 1 N–H and O–H groups in total. The number of halogens is 2. The van der Waals surface area contributed by atoms with Gasteiger partial charge in [0.05, 0.1) is 6.04 Å². The van der Waals surface area contributed by atoms with Crippen molar-refractivity contribution in [2.24, 2.45) is 5.92 Å². The molecule has 0 heterocycles. The second-order valence-electron chi connectivity index (χ2n) is 4.17. The Hall–Kier alpha value is -0.930. The summed E-state index contributed by atoms with van der Waals surface area (Å²) < 4.78 is 25.6. The second kappa shape index (κ2) is 4.73. The van der Waals surface area contributed by atoms with Crippen molar-refractivity contribution in [3.8, 4) is 0 Å². The Morgan fingerprint density at radius 3 is 2.67 bits per heavy atom. The monoisotopic (exact) mass is 217 g/mol. The fourth-order valence-electron chi connectivity index (χ4n) is 1.49. The van der Waals surface area contributed by atoms with E-state index in [9.17, 15) is 13.6 Å². The molecule has 0 aromatic rings. The van der Waals surface area contributed by atoms with E-state index in [4.69, 9.17) is 0 Å². The van der Waals surface area contributed by atoms with Crippen LogP contribution in [0.4, 0.5) is 8.78 Å². The lowest BCUT2D eigenvalue weighted by Crippen LogP contribution is -2.46. The molecule has 0 saturated carbocycles. The van der Waals surface area contributed by atoms with Crippen molar-refractivity contribution in [3.05, 3.63) is 12.2 Å². The normalized spacial score (nSPS) is 23.6. The molecule has 2 atom stereocenters. The molecule has 1 amide bonds. The van der Waals surface area contributed by atoms with Crippen LogP contribution < -0.4 is 5.32 Å². The first kappa shape index (κ1) is 12.1. The Morgan fingerprint density at radius 1 is 1.53 bits per heavy atom. The summed E-state index contributed by atoms with van der Waals surface area (Å²) in [5.74, 6) is -3.26. The second-order valence-corrected chi connectivity index (χ2v) is 4.17. The van der Waals surface area contributed by atoms with Crippen molar-refractivity contribution in [1.29, 1.82) is 0 Å². The van der Waals surface area contributed by atoms with Crippen LogP contribution in [0, 0.1) is 5.92 Å². The Kier molecular flexibility index (Phi) is 3.83. The van der Waals surface area contributed by atoms with E-state index in [1.807, 2.05) is 12.2 Å². The molecule has 0 radical (unpaired) electrons. The zero-order valence-corrected chi connectivity index (χ0v) is 9.09. The van der Waals surface area contributed by atoms with Gasteiger partial charge in [-0.15, -0.1) is 0 Å². The van der Waals surface area contributed by atoms with Gasteiger partial charge in [0.1, 0.15) is 0 Å². The fraction of sp³-hybridized carbons (Fsp3) is 0.727. The molecule has 0 aliphatic heterocycles. The number of hydrogen-bond acceptors (Lipinski definition) is 1. The fourth-order valence-corrected chi connectivity index (χ4v) is 1.49. The van der Waals surface area contributed by atoms with Crippen LogP contribution >= 0.6 is 0 Å². The first-order valence-electron chi connectivity index (χ1n) is 5.24. The van der Waals surface area contributed by atoms with Crippen molar-refractivity contribution >= 4 is 5.91 Å². The minimum atomic E-state index is -2.86. The van der Waals surface area contributed by atoms with Crippen molar-refractivity contribution in [1.82, 2.24) is 5.32 Å². The lowest BCUT2D eigenvalue weighted by molar-refractivity contribution is -0.128. The van der Waals surface area contributed by atoms with E-state index in [0.29, 0.717) is 6.42 Å². The molecule has 86 valence electrons. The van der Waals surface area contributed by atoms with E-state index in [1.54, 1.807) is 0 Å². The number of alkyl halides is 2. The van der Waals surface area contributed by atoms with Crippen molar-refractivity contribution < 1.29 is 13.6 Å². The van der Waals surface area contributed by atoms with E-state index in [1.165, 1.54) is 6.92 Å². The number of allylic oxidation sites excluding steroid dienone is 2. The molecule has 1 rings (SSSR count). The summed E-state index contributed by atoms with van der Waals surface area (Å²) in [4.78, 5) is 11.6. The van der Waals surface area contributed by atoms with Crippen LogP contribution in [0.2, 0.25) is 0 Å². The van der Waals surface area contributed by atoms with Crippen LogP contribution in [0.3, 0.4) is 0 Å². The van der Waals surface area contributed by atoms with Gasteiger partial charge in [0.25, 0.3) is 5.92 Å². The minimum Gasteiger partial charge on any atom is -0.347 e. The van der Waals surface area contributed by atoms with Gasteiger partial charge in [0.2, 0.25) is 5.91 Å². The number of hydrogen-bond donors (Lipinski definition) is 1. The van der Waals surface area contributed by atoms with Crippen LogP contribution in [0.15, 0.2) is 12.2 Å². The molecule has 4 heteroatoms. The molecule has 0 fully saturated rings. The number of amides is 1. The van der Waals surface area contributed by atoms with Gasteiger partial charge in [0, 0.05) is 12.8 Å². The highest BCUT2D eigenvalue weighted by Crippen LogP contribution is 2.21. The lowest BCUT2D eigenvalue weighted by atomic mass is 9.93. The Labute approximate surface area is 88.7 Å². The zero-order valence-electron chi connectivity index (χ0n) is 9.09. The standard InChI is InChI=1S/C11H17F2NO/c1-8(11(2,12)13)14-10(15)9-6-4-3-5-7-9/h3-4,8-9H,5-7H2,1-2H3,(H,14,15)/t8-,9+/m0/s1. The molecule has 0 unspecified atom stereocenters. The third-order valence-corrected chi connectivity index (χ3v) is 2.76. The zero-order chi connectivity index (χ0) is 11.5. The smallest absolute Gasteiger partial charge is 0.264 e. The number of nitrogens with one attached hydrogen (secondary N) is 1. The van der Waals surface area contributed by atoms with Gasteiger partial charge in [-0.3, -0.25) is 4.79 Å². The average molecular weight is 217 g/mol. The Balaban J connectivity index is 2.45. The molecule has 0 aromatic carbocycles. The minimum absolute atomic E-state index is 0.139. The van der Waals surface area contributed by atoms with Crippen molar-refractivity contribution in [2.45, 2.75) is 45.1 Å². The SMILES string of the molecule is C[C@H](NC(=O)[C@@H]1CC=CCC1)C(C)(F)F. The predicted octanol–water partition coefficient (Wildman–Crippen LogP) is 2.50. The Bertz CT molecular complexity index is 258. The summed E-state index contributed by atoms with van der Waals surface area (Å²) in [6.07, 6.45) is 6.22. The first-order chi connectivity index (χ1) is 6.91. The molecular weight excluding hydrogens is 200 g/mol. The maximum Gasteiger partial charge on any atom is 0.264 e. The maximum absolute atomic E-state index is 12.8. The molecule has 0 bridgehead atoms. The van der Waals surface area contributed by atoms with Crippen LogP contribution in [-0.4, -0.2) is 17.9 Å². The van der Waals surface area contributed by atoms with Gasteiger partial charge >= 0.3 is 0 Å². The van der Waals surface area contributed by atoms with Crippen LogP contribution in [0.25, 0.3) is 0 Å². The summed E-state index contributed by atoms with van der Waals surface area (Å²) in [6, 6.07) is -1.10. The first-order valence-corrected chi connectivity index (χ1v) is 5.24. The summed E-state index contributed by atoms with van der Waals surface area (Å²) in [5, 5.41) is 2.37.